The quantitative estimate of drug-likeness (QED) is 0.921. The van der Waals surface area contributed by atoms with Crippen LogP contribution in [0.1, 0.15) is 17.4 Å². The normalized spacial score (nSPS) is 12.1. The van der Waals surface area contributed by atoms with Gasteiger partial charge in [-0.2, -0.15) is 0 Å². The lowest BCUT2D eigenvalue weighted by atomic mass is 10.1. The molecule has 0 aliphatic rings. The average molecular weight is 262 g/mol. The maximum absolute atomic E-state index is 12.1. The van der Waals surface area contributed by atoms with E-state index in [1.807, 2.05) is 42.6 Å². The van der Waals surface area contributed by atoms with Crippen LogP contribution in [-0.2, 0) is 9.53 Å². The summed E-state index contributed by atoms with van der Waals surface area (Å²) in [6, 6.07) is 9.38. The van der Waals surface area contributed by atoms with E-state index >= 15 is 0 Å². The number of nitrogens with one attached hydrogen (secondary N) is 1. The number of hydrogen-bond acceptors (Lipinski definition) is 4. The Bertz CT molecular complexity index is 525. The summed E-state index contributed by atoms with van der Waals surface area (Å²) in [5.41, 5.74) is 1.72. The summed E-state index contributed by atoms with van der Waals surface area (Å²) in [6.45, 7) is 1.89. The predicted octanol–water partition coefficient (Wildman–Crippen LogP) is 2.78. The summed E-state index contributed by atoms with van der Waals surface area (Å²) in [6.07, 6.45) is -0.615. The van der Waals surface area contributed by atoms with E-state index in [1.54, 1.807) is 0 Å². The van der Waals surface area contributed by atoms with Crippen LogP contribution in [0.2, 0.25) is 0 Å². The number of nitrogens with zero attached hydrogens (tertiary/aromatic N) is 1. The topological polar surface area (TPSA) is 51.2 Å². The fourth-order valence-electron chi connectivity index (χ4n) is 1.60. The van der Waals surface area contributed by atoms with Crippen molar-refractivity contribution in [2.24, 2.45) is 0 Å². The number of amides is 1. The molecular formula is C13H14N2O2S. The molecule has 94 valence electrons. The number of aromatic nitrogens is 1. The van der Waals surface area contributed by atoms with Gasteiger partial charge in [0.15, 0.2) is 11.2 Å². The third-order valence-corrected chi connectivity index (χ3v) is 3.30. The SMILES string of the molecule is CO[C@@H](C(=O)Nc1nc(C)cs1)c1ccccc1. The van der Waals surface area contributed by atoms with Crippen LogP contribution in [0.15, 0.2) is 35.7 Å². The van der Waals surface area contributed by atoms with Gasteiger partial charge in [-0.05, 0) is 12.5 Å². The largest absolute Gasteiger partial charge is 0.367 e. The van der Waals surface area contributed by atoms with Crippen LogP contribution in [0, 0.1) is 6.92 Å². The lowest BCUT2D eigenvalue weighted by Crippen LogP contribution is -2.22. The van der Waals surface area contributed by atoms with Crippen LogP contribution in [-0.4, -0.2) is 18.0 Å². The monoisotopic (exact) mass is 262 g/mol. The van der Waals surface area contributed by atoms with Crippen molar-refractivity contribution < 1.29 is 9.53 Å². The van der Waals surface area contributed by atoms with E-state index in [9.17, 15) is 4.79 Å². The molecule has 5 heteroatoms. The summed E-state index contributed by atoms with van der Waals surface area (Å²) in [7, 11) is 1.52. The number of carbonyl (C=O) groups is 1. The summed E-state index contributed by atoms with van der Waals surface area (Å²) in [4.78, 5) is 16.3. The van der Waals surface area contributed by atoms with Gasteiger partial charge in [0, 0.05) is 12.5 Å². The minimum absolute atomic E-state index is 0.210. The third-order valence-electron chi connectivity index (χ3n) is 2.43. The molecular weight excluding hydrogens is 248 g/mol. The number of anilines is 1. The summed E-state index contributed by atoms with van der Waals surface area (Å²) in [5.74, 6) is -0.210. The lowest BCUT2D eigenvalue weighted by molar-refractivity contribution is -0.126. The Morgan fingerprint density at radius 3 is 2.67 bits per heavy atom. The molecule has 4 nitrogen and oxygen atoms in total. The van der Waals surface area contributed by atoms with E-state index in [2.05, 4.69) is 10.3 Å². The molecule has 0 bridgehead atoms. The van der Waals surface area contributed by atoms with E-state index in [-0.39, 0.29) is 5.91 Å². The molecule has 18 heavy (non-hydrogen) atoms. The average Bonchev–Trinajstić information content (AvgIpc) is 2.77. The van der Waals surface area contributed by atoms with Crippen molar-refractivity contribution in [1.82, 2.24) is 4.98 Å². The molecule has 0 unspecified atom stereocenters. The number of carbonyl (C=O) groups excluding carboxylic acids is 1. The number of rotatable bonds is 4. The summed E-state index contributed by atoms with van der Waals surface area (Å²) in [5, 5.41) is 5.24. The minimum atomic E-state index is -0.615. The molecule has 2 aromatic rings. The second-order valence-corrected chi connectivity index (χ2v) is 4.67. The van der Waals surface area contributed by atoms with Crippen LogP contribution in [0.3, 0.4) is 0 Å². The second kappa shape index (κ2) is 5.75. The molecule has 1 atom stereocenters. The molecule has 0 spiro atoms. The first kappa shape index (κ1) is 12.7. The van der Waals surface area contributed by atoms with Gasteiger partial charge in [-0.25, -0.2) is 4.98 Å². The van der Waals surface area contributed by atoms with Crippen molar-refractivity contribution >= 4 is 22.4 Å². The van der Waals surface area contributed by atoms with E-state index in [0.717, 1.165) is 11.3 Å². The maximum atomic E-state index is 12.1. The molecule has 1 aromatic heterocycles. The molecule has 0 saturated carbocycles. The van der Waals surface area contributed by atoms with Crippen LogP contribution in [0.4, 0.5) is 5.13 Å². The Kier molecular flexibility index (Phi) is 4.07. The standard InChI is InChI=1S/C13H14N2O2S/c1-9-8-18-13(14-9)15-12(16)11(17-2)10-6-4-3-5-7-10/h3-8,11H,1-2H3,(H,14,15,16)/t11-/m1/s1. The Hall–Kier alpha value is -1.72. The summed E-state index contributed by atoms with van der Waals surface area (Å²) < 4.78 is 5.24. The number of benzene rings is 1. The van der Waals surface area contributed by atoms with Crippen molar-refractivity contribution in [3.63, 3.8) is 0 Å². The van der Waals surface area contributed by atoms with E-state index in [1.165, 1.54) is 18.4 Å². The van der Waals surface area contributed by atoms with Crippen LogP contribution >= 0.6 is 11.3 Å². The van der Waals surface area contributed by atoms with Gasteiger partial charge in [0.05, 0.1) is 5.69 Å². The zero-order valence-corrected chi connectivity index (χ0v) is 11.0. The molecule has 1 N–H and O–H groups in total. The molecule has 0 radical (unpaired) electrons. The van der Waals surface area contributed by atoms with E-state index < -0.39 is 6.10 Å². The molecule has 2 rings (SSSR count). The van der Waals surface area contributed by atoms with Gasteiger partial charge < -0.3 is 4.74 Å². The second-order valence-electron chi connectivity index (χ2n) is 3.81. The third kappa shape index (κ3) is 2.94. The molecule has 0 aliphatic heterocycles. The van der Waals surface area contributed by atoms with Gasteiger partial charge >= 0.3 is 0 Å². The molecule has 0 aliphatic carbocycles. The zero-order valence-electron chi connectivity index (χ0n) is 10.2. The molecule has 1 aromatic carbocycles. The Morgan fingerprint density at radius 1 is 1.39 bits per heavy atom. The Labute approximate surface area is 110 Å². The fraction of sp³-hybridized carbons (Fsp3) is 0.231. The maximum Gasteiger partial charge on any atom is 0.259 e. The van der Waals surface area contributed by atoms with Gasteiger partial charge in [-0.3, -0.25) is 10.1 Å². The van der Waals surface area contributed by atoms with Crippen molar-refractivity contribution in [3.8, 4) is 0 Å². The molecule has 1 heterocycles. The van der Waals surface area contributed by atoms with Crippen LogP contribution in [0.25, 0.3) is 0 Å². The van der Waals surface area contributed by atoms with Gasteiger partial charge in [0.2, 0.25) is 0 Å². The lowest BCUT2D eigenvalue weighted by Gasteiger charge is -2.14. The smallest absolute Gasteiger partial charge is 0.259 e. The summed E-state index contributed by atoms with van der Waals surface area (Å²) >= 11 is 1.40. The fourth-order valence-corrected chi connectivity index (χ4v) is 2.30. The highest BCUT2D eigenvalue weighted by Crippen LogP contribution is 2.20. The van der Waals surface area contributed by atoms with Crippen molar-refractivity contribution in [2.45, 2.75) is 13.0 Å². The zero-order chi connectivity index (χ0) is 13.0. The van der Waals surface area contributed by atoms with E-state index in [4.69, 9.17) is 4.74 Å². The molecule has 0 fully saturated rings. The highest BCUT2D eigenvalue weighted by Gasteiger charge is 2.20. The highest BCUT2D eigenvalue weighted by atomic mass is 32.1. The minimum Gasteiger partial charge on any atom is -0.367 e. The first-order valence-electron chi connectivity index (χ1n) is 5.51. The number of methoxy groups -OCH3 is 1. The van der Waals surface area contributed by atoms with Gasteiger partial charge in [-0.1, -0.05) is 30.3 Å². The molecule has 1 amide bonds. The number of thiazole rings is 1. The van der Waals surface area contributed by atoms with Crippen molar-refractivity contribution in [3.05, 3.63) is 47.0 Å². The van der Waals surface area contributed by atoms with E-state index in [0.29, 0.717) is 5.13 Å². The van der Waals surface area contributed by atoms with Gasteiger partial charge in [-0.15, -0.1) is 11.3 Å². The van der Waals surface area contributed by atoms with Crippen LogP contribution in [0.5, 0.6) is 0 Å². The first-order chi connectivity index (χ1) is 8.70. The number of hydrogen-bond donors (Lipinski definition) is 1. The molecule has 0 saturated heterocycles. The number of aryl methyl sites for hydroxylation is 1. The number of ether oxygens (including phenoxy) is 1. The Balaban J connectivity index is 2.11. The first-order valence-corrected chi connectivity index (χ1v) is 6.39. The van der Waals surface area contributed by atoms with Crippen molar-refractivity contribution in [2.75, 3.05) is 12.4 Å². The Morgan fingerprint density at radius 2 is 2.11 bits per heavy atom. The highest BCUT2D eigenvalue weighted by molar-refractivity contribution is 7.13. The van der Waals surface area contributed by atoms with Gasteiger partial charge in [0.1, 0.15) is 0 Å². The van der Waals surface area contributed by atoms with Gasteiger partial charge in [0.25, 0.3) is 5.91 Å². The van der Waals surface area contributed by atoms with Crippen LogP contribution < -0.4 is 5.32 Å². The predicted molar refractivity (Wildman–Crippen MR) is 71.7 cm³/mol. The van der Waals surface area contributed by atoms with Crippen molar-refractivity contribution in [1.29, 1.82) is 0 Å².